The number of hydrogen-bond acceptors (Lipinski definition) is 2. The Kier molecular flexibility index (Phi) is 3.71. The molecular formula is C9H7ClF3NO. The van der Waals surface area contributed by atoms with Crippen molar-refractivity contribution in [1.82, 2.24) is 0 Å². The van der Waals surface area contributed by atoms with E-state index in [1.165, 1.54) is 0 Å². The van der Waals surface area contributed by atoms with Crippen LogP contribution in [0.1, 0.15) is 16.8 Å². The van der Waals surface area contributed by atoms with Crippen molar-refractivity contribution in [3.8, 4) is 0 Å². The number of rotatable bonds is 3. The van der Waals surface area contributed by atoms with Gasteiger partial charge in [0, 0.05) is 6.42 Å². The van der Waals surface area contributed by atoms with Gasteiger partial charge >= 0.3 is 0 Å². The van der Waals surface area contributed by atoms with Crippen LogP contribution < -0.4 is 5.73 Å². The lowest BCUT2D eigenvalue weighted by Crippen LogP contribution is -2.13. The van der Waals surface area contributed by atoms with Crippen LogP contribution in [0.4, 0.5) is 13.2 Å². The standard InChI is InChI=1S/C9H7ClF3NO/c10-4-3-5(11)9(13)7(8(4)12)6(15)1-2-14/h3H,1-2,14H2. The zero-order valence-corrected chi connectivity index (χ0v) is 8.24. The van der Waals surface area contributed by atoms with E-state index in [0.717, 1.165) is 0 Å². The summed E-state index contributed by atoms with van der Waals surface area (Å²) in [6.45, 7) is -0.0775. The molecule has 0 aliphatic heterocycles. The van der Waals surface area contributed by atoms with Crippen molar-refractivity contribution < 1.29 is 18.0 Å². The summed E-state index contributed by atoms with van der Waals surface area (Å²) >= 11 is 5.27. The average Bonchev–Trinajstić information content (AvgIpc) is 2.16. The van der Waals surface area contributed by atoms with Crippen molar-refractivity contribution in [3.63, 3.8) is 0 Å². The highest BCUT2D eigenvalue weighted by atomic mass is 35.5. The fraction of sp³-hybridized carbons (Fsp3) is 0.222. The van der Waals surface area contributed by atoms with Crippen LogP contribution in [0.15, 0.2) is 6.07 Å². The van der Waals surface area contributed by atoms with Crippen molar-refractivity contribution >= 4 is 17.4 Å². The van der Waals surface area contributed by atoms with Crippen molar-refractivity contribution in [2.75, 3.05) is 6.54 Å². The van der Waals surface area contributed by atoms with E-state index in [2.05, 4.69) is 0 Å². The molecule has 0 spiro atoms. The molecule has 0 saturated carbocycles. The van der Waals surface area contributed by atoms with Gasteiger partial charge in [0.15, 0.2) is 23.2 Å². The van der Waals surface area contributed by atoms with Gasteiger partial charge in [0.05, 0.1) is 10.6 Å². The van der Waals surface area contributed by atoms with Crippen molar-refractivity contribution in [1.29, 1.82) is 0 Å². The van der Waals surface area contributed by atoms with Crippen molar-refractivity contribution in [2.24, 2.45) is 5.73 Å². The minimum atomic E-state index is -1.53. The topological polar surface area (TPSA) is 43.1 Å². The van der Waals surface area contributed by atoms with Gasteiger partial charge in [-0.3, -0.25) is 4.79 Å². The summed E-state index contributed by atoms with van der Waals surface area (Å²) in [5, 5.41) is -0.630. The number of Topliss-reactive ketones (excluding diaryl/α,β-unsaturated/α-hetero) is 1. The van der Waals surface area contributed by atoms with E-state index in [9.17, 15) is 18.0 Å². The average molecular weight is 238 g/mol. The van der Waals surface area contributed by atoms with Crippen LogP contribution in [-0.4, -0.2) is 12.3 Å². The number of benzene rings is 1. The molecule has 0 amide bonds. The van der Waals surface area contributed by atoms with E-state index >= 15 is 0 Å². The van der Waals surface area contributed by atoms with E-state index < -0.39 is 33.8 Å². The first-order chi connectivity index (χ1) is 6.99. The maximum Gasteiger partial charge on any atom is 0.172 e. The number of ketones is 1. The quantitative estimate of drug-likeness (QED) is 0.647. The molecular weight excluding hydrogens is 231 g/mol. The van der Waals surface area contributed by atoms with E-state index in [-0.39, 0.29) is 13.0 Å². The first-order valence-electron chi connectivity index (χ1n) is 4.05. The fourth-order valence-electron chi connectivity index (χ4n) is 1.07. The Bertz CT molecular complexity index is 383. The van der Waals surface area contributed by atoms with E-state index in [1.54, 1.807) is 0 Å². The maximum absolute atomic E-state index is 13.2. The molecule has 0 fully saturated rings. The number of nitrogens with two attached hydrogens (primary N) is 1. The van der Waals surface area contributed by atoms with Crippen LogP contribution in [0, 0.1) is 17.5 Å². The minimum Gasteiger partial charge on any atom is -0.330 e. The number of hydrogen-bond donors (Lipinski definition) is 1. The third-order valence-corrected chi connectivity index (χ3v) is 2.04. The smallest absolute Gasteiger partial charge is 0.172 e. The van der Waals surface area contributed by atoms with Gasteiger partial charge in [-0.25, -0.2) is 13.2 Å². The van der Waals surface area contributed by atoms with Crippen LogP contribution in [0.25, 0.3) is 0 Å². The van der Waals surface area contributed by atoms with Gasteiger partial charge in [-0.1, -0.05) is 11.6 Å². The number of carbonyl (C=O) groups excluding carboxylic acids is 1. The molecule has 0 aliphatic rings. The summed E-state index contributed by atoms with van der Waals surface area (Å²) in [6.07, 6.45) is -0.270. The molecule has 15 heavy (non-hydrogen) atoms. The lowest BCUT2D eigenvalue weighted by Gasteiger charge is -2.05. The molecule has 0 heterocycles. The van der Waals surface area contributed by atoms with Gasteiger partial charge in [-0.2, -0.15) is 0 Å². The Morgan fingerprint density at radius 3 is 2.47 bits per heavy atom. The minimum absolute atomic E-state index is 0.0775. The van der Waals surface area contributed by atoms with Crippen LogP contribution >= 0.6 is 11.6 Å². The highest BCUT2D eigenvalue weighted by molar-refractivity contribution is 6.31. The molecule has 0 radical (unpaired) electrons. The lowest BCUT2D eigenvalue weighted by molar-refractivity contribution is 0.0976. The monoisotopic (exact) mass is 237 g/mol. The maximum atomic E-state index is 13.2. The zero-order valence-electron chi connectivity index (χ0n) is 7.49. The third kappa shape index (κ3) is 2.30. The fourth-order valence-corrected chi connectivity index (χ4v) is 1.26. The number of carbonyl (C=O) groups is 1. The Labute approximate surface area is 88.8 Å². The molecule has 6 heteroatoms. The van der Waals surface area contributed by atoms with Crippen LogP contribution in [0.2, 0.25) is 5.02 Å². The summed E-state index contributed by atoms with van der Waals surface area (Å²) in [5.74, 6) is -5.06. The molecule has 0 aromatic heterocycles. The normalized spacial score (nSPS) is 10.5. The van der Waals surface area contributed by atoms with Crippen molar-refractivity contribution in [2.45, 2.75) is 6.42 Å². The van der Waals surface area contributed by atoms with Gasteiger partial charge in [0.2, 0.25) is 0 Å². The highest BCUT2D eigenvalue weighted by Crippen LogP contribution is 2.24. The second kappa shape index (κ2) is 4.63. The highest BCUT2D eigenvalue weighted by Gasteiger charge is 2.22. The molecule has 0 atom stereocenters. The second-order valence-electron chi connectivity index (χ2n) is 2.81. The molecule has 0 unspecified atom stereocenters. The van der Waals surface area contributed by atoms with Crippen LogP contribution in [0.3, 0.4) is 0 Å². The van der Waals surface area contributed by atoms with Crippen LogP contribution in [-0.2, 0) is 0 Å². The Hall–Kier alpha value is -1.07. The molecule has 0 bridgehead atoms. The Balaban J connectivity index is 3.32. The molecule has 1 rings (SSSR count). The lowest BCUT2D eigenvalue weighted by atomic mass is 10.1. The van der Waals surface area contributed by atoms with Gasteiger partial charge in [0.25, 0.3) is 0 Å². The van der Waals surface area contributed by atoms with Crippen LogP contribution in [0.5, 0.6) is 0 Å². The molecule has 2 N–H and O–H groups in total. The molecule has 0 aliphatic carbocycles. The molecule has 82 valence electrons. The first kappa shape index (κ1) is 12.0. The third-order valence-electron chi connectivity index (χ3n) is 1.76. The van der Waals surface area contributed by atoms with Gasteiger partial charge < -0.3 is 5.73 Å². The van der Waals surface area contributed by atoms with E-state index in [4.69, 9.17) is 17.3 Å². The first-order valence-corrected chi connectivity index (χ1v) is 4.43. The molecule has 0 saturated heterocycles. The second-order valence-corrected chi connectivity index (χ2v) is 3.21. The summed E-state index contributed by atoms with van der Waals surface area (Å²) in [7, 11) is 0. The predicted molar refractivity (Wildman–Crippen MR) is 49.3 cm³/mol. The summed E-state index contributed by atoms with van der Waals surface area (Å²) in [6, 6.07) is 0.478. The molecule has 1 aromatic rings. The van der Waals surface area contributed by atoms with Crippen molar-refractivity contribution in [3.05, 3.63) is 34.1 Å². The van der Waals surface area contributed by atoms with E-state index in [1.807, 2.05) is 0 Å². The van der Waals surface area contributed by atoms with E-state index in [0.29, 0.717) is 6.07 Å². The number of halogens is 4. The predicted octanol–water partition coefficient (Wildman–Crippen LogP) is 2.29. The Morgan fingerprint density at radius 1 is 1.33 bits per heavy atom. The summed E-state index contributed by atoms with van der Waals surface area (Å²) in [5.41, 5.74) is 4.08. The van der Waals surface area contributed by atoms with Gasteiger partial charge in [-0.15, -0.1) is 0 Å². The molecule has 1 aromatic carbocycles. The summed E-state index contributed by atoms with van der Waals surface area (Å²) < 4.78 is 39.1. The summed E-state index contributed by atoms with van der Waals surface area (Å²) in [4.78, 5) is 11.2. The Morgan fingerprint density at radius 2 is 1.93 bits per heavy atom. The molecule has 2 nitrogen and oxygen atoms in total. The van der Waals surface area contributed by atoms with Gasteiger partial charge in [0.1, 0.15) is 0 Å². The van der Waals surface area contributed by atoms with Gasteiger partial charge in [-0.05, 0) is 12.6 Å². The zero-order chi connectivity index (χ0) is 11.6. The largest absolute Gasteiger partial charge is 0.330 e. The SMILES string of the molecule is NCCC(=O)c1c(F)c(F)cc(Cl)c1F.